The lowest BCUT2D eigenvalue weighted by Gasteiger charge is -2.30. The average molecular weight is 639 g/mol. The molecule has 0 aromatic heterocycles. The topological polar surface area (TPSA) is 157 Å². The standard InChI is InChI=1S/C31H32N2O9P2/c1-41-25-13-9-21(10-14-25)19-32-29(23-5-3-7-27(17-23)43(35,36)37)30(24-6-4-8-28(18-24)44(38,39)40)33(31(32)34)20-22-11-15-26(42-2)16-12-22/h3-18,29-30H,19-20H2,1-2H3,(H2,35,36,37)(H2,38,39,40)/t29-,30?/m1/s1. The normalized spacial score (nSPS) is 17.2. The summed E-state index contributed by atoms with van der Waals surface area (Å²) in [6.07, 6.45) is 0. The van der Waals surface area contributed by atoms with Gasteiger partial charge in [0.05, 0.1) is 36.9 Å². The molecule has 230 valence electrons. The first kappa shape index (κ1) is 31.5. The first-order valence-electron chi connectivity index (χ1n) is 13.5. The number of methoxy groups -OCH3 is 2. The van der Waals surface area contributed by atoms with Gasteiger partial charge in [-0.3, -0.25) is 9.13 Å². The van der Waals surface area contributed by atoms with E-state index in [-0.39, 0.29) is 29.7 Å². The zero-order valence-corrected chi connectivity index (χ0v) is 25.7. The van der Waals surface area contributed by atoms with Crippen LogP contribution in [0.15, 0.2) is 97.1 Å². The smallest absolute Gasteiger partial charge is 0.356 e. The fourth-order valence-corrected chi connectivity index (χ4v) is 6.63. The lowest BCUT2D eigenvalue weighted by atomic mass is 9.92. The van der Waals surface area contributed by atoms with Crippen LogP contribution in [0.3, 0.4) is 0 Å². The number of hydrogen-bond donors (Lipinski definition) is 4. The van der Waals surface area contributed by atoms with Crippen molar-refractivity contribution in [3.05, 3.63) is 119 Å². The first-order valence-corrected chi connectivity index (χ1v) is 16.8. The van der Waals surface area contributed by atoms with Crippen LogP contribution in [-0.2, 0) is 22.2 Å². The van der Waals surface area contributed by atoms with E-state index in [0.29, 0.717) is 22.6 Å². The summed E-state index contributed by atoms with van der Waals surface area (Å²) in [6.45, 7) is 0.281. The molecule has 1 saturated heterocycles. The van der Waals surface area contributed by atoms with Gasteiger partial charge in [-0.2, -0.15) is 0 Å². The zero-order chi connectivity index (χ0) is 31.6. The molecular formula is C31H32N2O9P2. The molecule has 44 heavy (non-hydrogen) atoms. The third-order valence-electron chi connectivity index (χ3n) is 7.58. The Bertz CT molecular complexity index is 1610. The molecule has 4 N–H and O–H groups in total. The van der Waals surface area contributed by atoms with Gasteiger partial charge in [0.25, 0.3) is 0 Å². The molecule has 1 unspecified atom stereocenters. The fraction of sp³-hybridized carbons (Fsp3) is 0.194. The summed E-state index contributed by atoms with van der Waals surface area (Å²) in [7, 11) is -6.18. The Morgan fingerprint density at radius 3 is 1.30 bits per heavy atom. The summed E-state index contributed by atoms with van der Waals surface area (Å²) < 4.78 is 35.1. The van der Waals surface area contributed by atoms with Gasteiger partial charge in [-0.1, -0.05) is 48.5 Å². The third kappa shape index (κ3) is 6.74. The molecule has 2 amide bonds. The van der Waals surface area contributed by atoms with Crippen molar-refractivity contribution >= 4 is 31.8 Å². The van der Waals surface area contributed by atoms with Crippen LogP contribution >= 0.6 is 15.2 Å². The Labute approximate surface area is 254 Å². The average Bonchev–Trinajstić information content (AvgIpc) is 3.27. The van der Waals surface area contributed by atoms with Gasteiger partial charge in [-0.15, -0.1) is 0 Å². The van der Waals surface area contributed by atoms with E-state index in [1.807, 2.05) is 24.3 Å². The SMILES string of the molecule is COc1ccc(CN2C(=O)N(Cc3ccc(OC)cc3)[C@H](c3cccc(P(=O)(O)O)c3)C2c2cccc(P(=O)(O)O)c2)cc1. The van der Waals surface area contributed by atoms with Crippen LogP contribution in [0, 0.1) is 0 Å². The maximum atomic E-state index is 14.4. The quantitative estimate of drug-likeness (QED) is 0.187. The van der Waals surface area contributed by atoms with Crippen molar-refractivity contribution in [3.63, 3.8) is 0 Å². The number of hydrogen-bond acceptors (Lipinski definition) is 5. The van der Waals surface area contributed by atoms with E-state index in [4.69, 9.17) is 9.47 Å². The Hall–Kier alpha value is -3.95. The van der Waals surface area contributed by atoms with E-state index in [9.17, 15) is 33.5 Å². The maximum absolute atomic E-state index is 14.4. The van der Waals surface area contributed by atoms with Gasteiger partial charge in [0.15, 0.2) is 0 Å². The number of rotatable bonds is 10. The monoisotopic (exact) mass is 638 g/mol. The van der Waals surface area contributed by atoms with Crippen molar-refractivity contribution in [2.45, 2.75) is 25.2 Å². The summed E-state index contributed by atoms with van der Waals surface area (Å²) in [6, 6.07) is 24.3. The van der Waals surface area contributed by atoms with Crippen molar-refractivity contribution in [3.8, 4) is 11.5 Å². The van der Waals surface area contributed by atoms with Gasteiger partial charge in [0, 0.05) is 13.1 Å². The molecule has 2 atom stereocenters. The number of carbonyl (C=O) groups is 1. The van der Waals surface area contributed by atoms with Crippen molar-refractivity contribution in [1.82, 2.24) is 9.80 Å². The van der Waals surface area contributed by atoms with E-state index in [0.717, 1.165) is 11.1 Å². The molecule has 0 saturated carbocycles. The van der Waals surface area contributed by atoms with Gasteiger partial charge in [-0.25, -0.2) is 4.79 Å². The maximum Gasteiger partial charge on any atom is 0.356 e. The molecule has 1 heterocycles. The number of ether oxygens (including phenoxy) is 2. The van der Waals surface area contributed by atoms with Crippen molar-refractivity contribution in [2.24, 2.45) is 0 Å². The van der Waals surface area contributed by atoms with Gasteiger partial charge in [0.1, 0.15) is 11.5 Å². The molecule has 0 aliphatic carbocycles. The zero-order valence-electron chi connectivity index (χ0n) is 23.9. The Balaban J connectivity index is 1.69. The Kier molecular flexibility index (Phi) is 9.00. The second-order valence-electron chi connectivity index (χ2n) is 10.4. The number of carbonyl (C=O) groups excluding carboxylic acids is 1. The molecule has 1 aliphatic rings. The molecule has 1 fully saturated rings. The van der Waals surface area contributed by atoms with Crippen LogP contribution in [0.2, 0.25) is 0 Å². The predicted octanol–water partition coefficient (Wildman–Crippen LogP) is 4.23. The molecule has 4 aromatic carbocycles. The highest BCUT2D eigenvalue weighted by Gasteiger charge is 2.47. The van der Waals surface area contributed by atoms with E-state index in [1.165, 1.54) is 36.4 Å². The minimum atomic E-state index is -4.64. The predicted molar refractivity (Wildman–Crippen MR) is 164 cm³/mol. The van der Waals surface area contributed by atoms with E-state index in [2.05, 4.69) is 0 Å². The molecular weight excluding hydrogens is 606 g/mol. The van der Waals surface area contributed by atoms with Crippen molar-refractivity contribution in [2.75, 3.05) is 14.2 Å². The lowest BCUT2D eigenvalue weighted by molar-refractivity contribution is 0.181. The van der Waals surface area contributed by atoms with Crippen LogP contribution in [0.1, 0.15) is 34.3 Å². The Morgan fingerprint density at radius 1 is 0.614 bits per heavy atom. The molecule has 5 rings (SSSR count). The van der Waals surface area contributed by atoms with Crippen LogP contribution in [-0.4, -0.2) is 49.6 Å². The largest absolute Gasteiger partial charge is 0.497 e. The fourth-order valence-electron chi connectivity index (χ4n) is 5.44. The minimum Gasteiger partial charge on any atom is -0.497 e. The summed E-state index contributed by atoms with van der Waals surface area (Å²) in [5, 5.41) is -0.411. The van der Waals surface area contributed by atoms with Gasteiger partial charge in [-0.05, 0) is 70.8 Å². The summed E-state index contributed by atoms with van der Waals surface area (Å²) in [5.74, 6) is 1.28. The van der Waals surface area contributed by atoms with Crippen molar-refractivity contribution in [1.29, 1.82) is 0 Å². The molecule has 4 aromatic rings. The number of nitrogens with zero attached hydrogens (tertiary/aromatic N) is 2. The van der Waals surface area contributed by atoms with Gasteiger partial charge >= 0.3 is 21.2 Å². The van der Waals surface area contributed by atoms with Crippen molar-refractivity contribution < 1.29 is 43.0 Å². The summed E-state index contributed by atoms with van der Waals surface area (Å²) in [5.41, 5.74) is 2.47. The van der Waals surface area contributed by atoms with Crippen LogP contribution in [0.5, 0.6) is 11.5 Å². The highest BCUT2D eigenvalue weighted by Crippen LogP contribution is 2.48. The van der Waals surface area contributed by atoms with E-state index >= 15 is 0 Å². The van der Waals surface area contributed by atoms with E-state index < -0.39 is 27.3 Å². The Morgan fingerprint density at radius 2 is 0.977 bits per heavy atom. The van der Waals surface area contributed by atoms with Gasteiger partial charge in [0.2, 0.25) is 0 Å². The molecule has 0 radical (unpaired) electrons. The van der Waals surface area contributed by atoms with E-state index in [1.54, 1.807) is 60.4 Å². The number of benzene rings is 4. The first-order chi connectivity index (χ1) is 20.9. The third-order valence-corrected chi connectivity index (χ3v) is 9.48. The molecule has 0 spiro atoms. The highest BCUT2D eigenvalue weighted by atomic mass is 31.2. The molecule has 13 heteroatoms. The van der Waals surface area contributed by atoms with Crippen LogP contribution in [0.4, 0.5) is 4.79 Å². The number of urea groups is 1. The summed E-state index contributed by atoms with van der Waals surface area (Å²) in [4.78, 5) is 57.5. The summed E-state index contributed by atoms with van der Waals surface area (Å²) >= 11 is 0. The van der Waals surface area contributed by atoms with Gasteiger partial charge < -0.3 is 38.8 Å². The molecule has 11 nitrogen and oxygen atoms in total. The van der Waals surface area contributed by atoms with Crippen LogP contribution < -0.4 is 20.1 Å². The van der Waals surface area contributed by atoms with Crippen LogP contribution in [0.25, 0.3) is 0 Å². The second-order valence-corrected chi connectivity index (χ2v) is 13.6. The second kappa shape index (κ2) is 12.6. The highest BCUT2D eigenvalue weighted by molar-refractivity contribution is 7.60. The molecule has 1 aliphatic heterocycles. The number of amides is 2. The lowest BCUT2D eigenvalue weighted by Crippen LogP contribution is -2.32. The molecule has 0 bridgehead atoms. The minimum absolute atomic E-state index is 0.140.